The Hall–Kier alpha value is -2.17. The molecule has 3 aromatic rings. The zero-order valence-corrected chi connectivity index (χ0v) is 8.18. The Morgan fingerprint density at radius 2 is 2.13 bits per heavy atom. The minimum absolute atomic E-state index is 0.466. The summed E-state index contributed by atoms with van der Waals surface area (Å²) in [5.41, 5.74) is 7.97. The first kappa shape index (κ1) is 8.16. The average molecular weight is 199 g/mol. The summed E-state index contributed by atoms with van der Waals surface area (Å²) in [5, 5.41) is 0.994. The van der Waals surface area contributed by atoms with E-state index < -0.39 is 0 Å². The van der Waals surface area contributed by atoms with E-state index in [1.807, 2.05) is 29.8 Å². The lowest BCUT2D eigenvalue weighted by atomic mass is 10.3. The monoisotopic (exact) mass is 199 g/mol. The van der Waals surface area contributed by atoms with Crippen LogP contribution in [0.4, 0.5) is 5.95 Å². The second-order valence-corrected chi connectivity index (χ2v) is 3.41. The number of anilines is 1. The minimum Gasteiger partial charge on any atom is -0.369 e. The van der Waals surface area contributed by atoms with E-state index in [0.717, 1.165) is 10.9 Å². The van der Waals surface area contributed by atoms with Crippen LogP contribution in [0.15, 0.2) is 24.4 Å². The molecule has 0 aromatic carbocycles. The highest BCUT2D eigenvalue weighted by molar-refractivity contribution is 5.88. The zero-order valence-electron chi connectivity index (χ0n) is 8.18. The van der Waals surface area contributed by atoms with Crippen molar-refractivity contribution in [1.82, 2.24) is 19.5 Å². The van der Waals surface area contributed by atoms with Crippen molar-refractivity contribution in [2.75, 3.05) is 5.73 Å². The SMILES string of the molecule is Cn1c(N)nc2nc3ncccc3cc21. The maximum absolute atomic E-state index is 5.71. The van der Waals surface area contributed by atoms with Crippen molar-refractivity contribution >= 4 is 28.1 Å². The van der Waals surface area contributed by atoms with Crippen molar-refractivity contribution in [2.24, 2.45) is 7.05 Å². The van der Waals surface area contributed by atoms with Crippen molar-refractivity contribution in [3.63, 3.8) is 0 Å². The first-order valence-corrected chi connectivity index (χ1v) is 4.59. The van der Waals surface area contributed by atoms with E-state index in [-0.39, 0.29) is 0 Å². The van der Waals surface area contributed by atoms with Gasteiger partial charge in [-0.25, -0.2) is 9.97 Å². The van der Waals surface area contributed by atoms with E-state index in [9.17, 15) is 0 Å². The van der Waals surface area contributed by atoms with Crippen LogP contribution in [0.5, 0.6) is 0 Å². The predicted octanol–water partition coefficient (Wildman–Crippen LogP) is 1.10. The van der Waals surface area contributed by atoms with Crippen LogP contribution in [0.3, 0.4) is 0 Å². The first-order valence-electron chi connectivity index (χ1n) is 4.59. The summed E-state index contributed by atoms with van der Waals surface area (Å²) >= 11 is 0. The fourth-order valence-electron chi connectivity index (χ4n) is 1.62. The molecule has 5 nitrogen and oxygen atoms in total. The van der Waals surface area contributed by atoms with E-state index in [1.165, 1.54) is 0 Å². The molecular formula is C10H9N5. The van der Waals surface area contributed by atoms with Crippen LogP contribution in [-0.2, 0) is 7.05 Å². The highest BCUT2D eigenvalue weighted by Crippen LogP contribution is 2.18. The van der Waals surface area contributed by atoms with Gasteiger partial charge in [0.05, 0.1) is 5.52 Å². The van der Waals surface area contributed by atoms with Gasteiger partial charge in [0.25, 0.3) is 0 Å². The molecule has 0 unspecified atom stereocenters. The highest BCUT2D eigenvalue weighted by Gasteiger charge is 2.07. The van der Waals surface area contributed by atoms with Crippen LogP contribution in [-0.4, -0.2) is 19.5 Å². The number of pyridine rings is 2. The quantitative estimate of drug-likeness (QED) is 0.588. The van der Waals surface area contributed by atoms with Crippen LogP contribution in [0, 0.1) is 0 Å². The van der Waals surface area contributed by atoms with Gasteiger partial charge < -0.3 is 10.3 Å². The molecule has 3 rings (SSSR count). The lowest BCUT2D eigenvalue weighted by molar-refractivity contribution is 0.966. The maximum atomic E-state index is 5.71. The molecule has 0 atom stereocenters. The summed E-state index contributed by atoms with van der Waals surface area (Å²) < 4.78 is 1.81. The molecule has 74 valence electrons. The number of nitrogen functional groups attached to an aromatic ring is 1. The number of fused-ring (bicyclic) bond motifs is 2. The van der Waals surface area contributed by atoms with Gasteiger partial charge in [-0.2, -0.15) is 4.98 Å². The molecule has 0 saturated carbocycles. The lowest BCUT2D eigenvalue weighted by Gasteiger charge is -1.97. The van der Waals surface area contributed by atoms with Crippen LogP contribution in [0.2, 0.25) is 0 Å². The second kappa shape index (κ2) is 2.66. The van der Waals surface area contributed by atoms with Crippen molar-refractivity contribution in [3.05, 3.63) is 24.4 Å². The number of nitrogens with two attached hydrogens (primary N) is 1. The third-order valence-corrected chi connectivity index (χ3v) is 2.48. The van der Waals surface area contributed by atoms with E-state index in [4.69, 9.17) is 5.73 Å². The number of hydrogen-bond acceptors (Lipinski definition) is 4. The second-order valence-electron chi connectivity index (χ2n) is 3.41. The van der Waals surface area contributed by atoms with Crippen LogP contribution in [0.1, 0.15) is 0 Å². The minimum atomic E-state index is 0.466. The van der Waals surface area contributed by atoms with E-state index in [0.29, 0.717) is 17.2 Å². The van der Waals surface area contributed by atoms with Crippen molar-refractivity contribution in [2.45, 2.75) is 0 Å². The van der Waals surface area contributed by atoms with E-state index in [2.05, 4.69) is 15.0 Å². The fraction of sp³-hybridized carbons (Fsp3) is 0.100. The number of rotatable bonds is 0. The largest absolute Gasteiger partial charge is 0.369 e. The maximum Gasteiger partial charge on any atom is 0.202 e. The van der Waals surface area contributed by atoms with Crippen LogP contribution in [0.25, 0.3) is 22.2 Å². The Morgan fingerprint density at radius 3 is 3.00 bits per heavy atom. The fourth-order valence-corrected chi connectivity index (χ4v) is 1.62. The molecule has 0 fully saturated rings. The molecule has 5 heteroatoms. The molecule has 0 spiro atoms. The van der Waals surface area contributed by atoms with Gasteiger partial charge in [0, 0.05) is 18.6 Å². The molecule has 3 aromatic heterocycles. The summed E-state index contributed by atoms with van der Waals surface area (Å²) in [6, 6.07) is 5.85. The average Bonchev–Trinajstić information content (AvgIpc) is 2.52. The van der Waals surface area contributed by atoms with Gasteiger partial charge in [-0.3, -0.25) is 0 Å². The summed E-state index contributed by atoms with van der Waals surface area (Å²) in [6.45, 7) is 0. The van der Waals surface area contributed by atoms with Gasteiger partial charge in [-0.1, -0.05) is 0 Å². The molecule has 15 heavy (non-hydrogen) atoms. The zero-order chi connectivity index (χ0) is 10.4. The van der Waals surface area contributed by atoms with Gasteiger partial charge in [0.15, 0.2) is 11.3 Å². The Morgan fingerprint density at radius 1 is 1.27 bits per heavy atom. The standard InChI is InChI=1S/C10H9N5/c1-15-7-5-6-3-2-4-12-8(6)13-9(7)14-10(15)11/h2-5H,1H3,(H2,11,12,13,14). The molecule has 0 aliphatic rings. The first-order chi connectivity index (χ1) is 7.25. The summed E-state index contributed by atoms with van der Waals surface area (Å²) in [4.78, 5) is 12.7. The summed E-state index contributed by atoms with van der Waals surface area (Å²) in [6.07, 6.45) is 1.72. The number of nitrogens with zero attached hydrogens (tertiary/aromatic N) is 4. The summed E-state index contributed by atoms with van der Waals surface area (Å²) in [5.74, 6) is 0.466. The van der Waals surface area contributed by atoms with Gasteiger partial charge in [0.2, 0.25) is 5.95 Å². The number of aryl methyl sites for hydroxylation is 1. The summed E-state index contributed by atoms with van der Waals surface area (Å²) in [7, 11) is 1.87. The van der Waals surface area contributed by atoms with Crippen LogP contribution < -0.4 is 5.73 Å². The number of imidazole rings is 1. The number of aromatic nitrogens is 4. The Labute approximate surface area is 85.6 Å². The topological polar surface area (TPSA) is 69.6 Å². The Balaban J connectivity index is 2.53. The molecule has 0 radical (unpaired) electrons. The highest BCUT2D eigenvalue weighted by atomic mass is 15.2. The van der Waals surface area contributed by atoms with Crippen LogP contribution >= 0.6 is 0 Å². The molecule has 0 aliphatic heterocycles. The smallest absolute Gasteiger partial charge is 0.202 e. The normalized spacial score (nSPS) is 11.3. The molecule has 3 heterocycles. The van der Waals surface area contributed by atoms with Crippen molar-refractivity contribution < 1.29 is 0 Å². The van der Waals surface area contributed by atoms with E-state index >= 15 is 0 Å². The molecule has 2 N–H and O–H groups in total. The Kier molecular flexibility index (Phi) is 1.45. The Bertz CT molecular complexity index is 655. The van der Waals surface area contributed by atoms with Crippen molar-refractivity contribution in [3.8, 4) is 0 Å². The molecular weight excluding hydrogens is 190 g/mol. The van der Waals surface area contributed by atoms with Crippen molar-refractivity contribution in [1.29, 1.82) is 0 Å². The predicted molar refractivity (Wildman–Crippen MR) is 58.2 cm³/mol. The number of hydrogen-bond donors (Lipinski definition) is 1. The van der Waals surface area contributed by atoms with E-state index in [1.54, 1.807) is 6.20 Å². The molecule has 0 saturated heterocycles. The molecule has 0 amide bonds. The lowest BCUT2D eigenvalue weighted by Crippen LogP contribution is -1.96. The molecule has 0 aliphatic carbocycles. The van der Waals surface area contributed by atoms with Gasteiger partial charge in [0.1, 0.15) is 0 Å². The van der Waals surface area contributed by atoms with Gasteiger partial charge in [-0.05, 0) is 18.2 Å². The van der Waals surface area contributed by atoms with Gasteiger partial charge >= 0.3 is 0 Å². The molecule has 0 bridgehead atoms. The third-order valence-electron chi connectivity index (χ3n) is 2.48. The van der Waals surface area contributed by atoms with Gasteiger partial charge in [-0.15, -0.1) is 0 Å². The third kappa shape index (κ3) is 1.06.